The molecule has 1 atom stereocenters. The van der Waals surface area contributed by atoms with Crippen molar-refractivity contribution in [3.63, 3.8) is 0 Å². The number of nitrogens with one attached hydrogen (secondary N) is 1. The van der Waals surface area contributed by atoms with Gasteiger partial charge in [-0.15, -0.1) is 0 Å². The van der Waals surface area contributed by atoms with E-state index >= 15 is 0 Å². The monoisotopic (exact) mass is 278 g/mol. The van der Waals surface area contributed by atoms with Crippen LogP contribution in [-0.4, -0.2) is 24.0 Å². The lowest BCUT2D eigenvalue weighted by Gasteiger charge is -2.19. The molecule has 1 N–H and O–H groups in total. The molecule has 108 valence electrons. The molecule has 0 saturated carbocycles. The van der Waals surface area contributed by atoms with E-state index in [-0.39, 0.29) is 0 Å². The number of aromatic nitrogens is 1. The average molecular weight is 278 g/mol. The minimum absolute atomic E-state index is 0.408. The fourth-order valence-corrected chi connectivity index (χ4v) is 2.75. The van der Waals surface area contributed by atoms with Crippen LogP contribution in [0.1, 0.15) is 29.7 Å². The molecule has 0 saturated heterocycles. The number of aromatic amines is 1. The smallest absolute Gasteiger partial charge is 0.0457 e. The fraction of sp³-hybridized carbons (Fsp3) is 0.263. The molecule has 0 spiro atoms. The summed E-state index contributed by atoms with van der Waals surface area (Å²) >= 11 is 0. The number of H-pyrrole nitrogens is 1. The standard InChI is InChI=1S/C19H22N2/c1-14(21(2)3)18-13-20-19-10-9-16(12-17(18)19)11-15-7-5-4-6-8-15/h4-10,12-14,20H,11H2,1-3H3. The molecular formula is C19H22N2. The molecule has 1 unspecified atom stereocenters. The van der Waals surface area contributed by atoms with Gasteiger partial charge in [-0.25, -0.2) is 0 Å². The highest BCUT2D eigenvalue weighted by atomic mass is 15.1. The van der Waals surface area contributed by atoms with E-state index in [9.17, 15) is 0 Å². The summed E-state index contributed by atoms with van der Waals surface area (Å²) in [5.74, 6) is 0. The summed E-state index contributed by atoms with van der Waals surface area (Å²) in [6.45, 7) is 2.24. The van der Waals surface area contributed by atoms with Crippen LogP contribution in [0.4, 0.5) is 0 Å². The summed E-state index contributed by atoms with van der Waals surface area (Å²) in [5, 5.41) is 1.34. The Morgan fingerprint density at radius 2 is 1.76 bits per heavy atom. The van der Waals surface area contributed by atoms with E-state index in [1.54, 1.807) is 0 Å². The summed E-state index contributed by atoms with van der Waals surface area (Å²) in [5.41, 5.74) is 5.30. The quantitative estimate of drug-likeness (QED) is 0.750. The van der Waals surface area contributed by atoms with Crippen molar-refractivity contribution in [2.75, 3.05) is 14.1 Å². The Balaban J connectivity index is 1.97. The molecule has 0 amide bonds. The molecule has 0 radical (unpaired) electrons. The van der Waals surface area contributed by atoms with Crippen LogP contribution >= 0.6 is 0 Å². The Morgan fingerprint density at radius 1 is 1.00 bits per heavy atom. The molecule has 3 aromatic rings. The maximum Gasteiger partial charge on any atom is 0.0457 e. The molecule has 0 fully saturated rings. The summed E-state index contributed by atoms with van der Waals surface area (Å²) < 4.78 is 0. The van der Waals surface area contributed by atoms with Crippen LogP contribution in [0, 0.1) is 0 Å². The van der Waals surface area contributed by atoms with Gasteiger partial charge >= 0.3 is 0 Å². The van der Waals surface area contributed by atoms with Crippen molar-refractivity contribution in [1.29, 1.82) is 0 Å². The maximum atomic E-state index is 3.39. The summed E-state index contributed by atoms with van der Waals surface area (Å²) in [4.78, 5) is 5.63. The van der Waals surface area contributed by atoms with Crippen molar-refractivity contribution in [3.8, 4) is 0 Å². The van der Waals surface area contributed by atoms with Crippen LogP contribution in [-0.2, 0) is 6.42 Å². The number of benzene rings is 2. The van der Waals surface area contributed by atoms with Crippen LogP contribution in [0.15, 0.2) is 54.7 Å². The van der Waals surface area contributed by atoms with Crippen LogP contribution in [0.5, 0.6) is 0 Å². The van der Waals surface area contributed by atoms with Crippen LogP contribution in [0.25, 0.3) is 10.9 Å². The Morgan fingerprint density at radius 3 is 2.48 bits per heavy atom. The number of hydrogen-bond acceptors (Lipinski definition) is 1. The number of hydrogen-bond donors (Lipinski definition) is 1. The first kappa shape index (κ1) is 13.9. The average Bonchev–Trinajstić information content (AvgIpc) is 2.90. The second-order valence-electron chi connectivity index (χ2n) is 5.93. The van der Waals surface area contributed by atoms with Crippen molar-refractivity contribution in [1.82, 2.24) is 9.88 Å². The SMILES string of the molecule is CC(c1c[nH]c2ccc(Cc3ccccc3)cc12)N(C)C. The van der Waals surface area contributed by atoms with Gasteiger partial charge in [-0.3, -0.25) is 0 Å². The van der Waals surface area contributed by atoms with E-state index in [0.717, 1.165) is 6.42 Å². The van der Waals surface area contributed by atoms with Crippen molar-refractivity contribution in [3.05, 3.63) is 71.4 Å². The molecule has 21 heavy (non-hydrogen) atoms. The predicted molar refractivity (Wildman–Crippen MR) is 89.6 cm³/mol. The molecule has 0 bridgehead atoms. The number of fused-ring (bicyclic) bond motifs is 1. The lowest BCUT2D eigenvalue weighted by Crippen LogP contribution is -2.16. The van der Waals surface area contributed by atoms with Crippen LogP contribution < -0.4 is 0 Å². The molecule has 3 rings (SSSR count). The second kappa shape index (κ2) is 5.74. The van der Waals surface area contributed by atoms with Gasteiger partial charge in [-0.1, -0.05) is 36.4 Å². The summed E-state index contributed by atoms with van der Waals surface area (Å²) in [6.07, 6.45) is 3.12. The van der Waals surface area contributed by atoms with Gasteiger partial charge < -0.3 is 9.88 Å². The van der Waals surface area contributed by atoms with E-state index in [0.29, 0.717) is 6.04 Å². The third-order valence-corrected chi connectivity index (χ3v) is 4.25. The topological polar surface area (TPSA) is 19.0 Å². The number of nitrogens with zero attached hydrogens (tertiary/aromatic N) is 1. The van der Waals surface area contributed by atoms with Gasteiger partial charge in [0.1, 0.15) is 0 Å². The number of rotatable bonds is 4. The molecule has 0 aliphatic rings. The van der Waals surface area contributed by atoms with Crippen LogP contribution in [0.3, 0.4) is 0 Å². The zero-order valence-electron chi connectivity index (χ0n) is 12.9. The van der Waals surface area contributed by atoms with Gasteiger partial charge in [0.05, 0.1) is 0 Å². The predicted octanol–water partition coefficient (Wildman–Crippen LogP) is 4.38. The molecule has 2 heteroatoms. The molecule has 1 aromatic heterocycles. The van der Waals surface area contributed by atoms with E-state index in [1.165, 1.54) is 27.6 Å². The summed E-state index contributed by atoms with van der Waals surface area (Å²) in [7, 11) is 4.24. The third kappa shape index (κ3) is 2.86. The minimum Gasteiger partial charge on any atom is -0.361 e. The lowest BCUT2D eigenvalue weighted by atomic mass is 10.0. The molecular weight excluding hydrogens is 256 g/mol. The van der Waals surface area contributed by atoms with Crippen molar-refractivity contribution in [2.24, 2.45) is 0 Å². The van der Waals surface area contributed by atoms with Gasteiger partial charge in [0.25, 0.3) is 0 Å². The zero-order valence-corrected chi connectivity index (χ0v) is 12.9. The van der Waals surface area contributed by atoms with Gasteiger partial charge in [-0.2, -0.15) is 0 Å². The maximum absolute atomic E-state index is 3.39. The highest BCUT2D eigenvalue weighted by molar-refractivity contribution is 5.84. The first-order chi connectivity index (χ1) is 10.1. The zero-order chi connectivity index (χ0) is 14.8. The Bertz CT molecular complexity index is 726. The van der Waals surface area contributed by atoms with E-state index in [4.69, 9.17) is 0 Å². The first-order valence-electron chi connectivity index (χ1n) is 7.45. The lowest BCUT2D eigenvalue weighted by molar-refractivity contribution is 0.323. The highest BCUT2D eigenvalue weighted by Gasteiger charge is 2.13. The van der Waals surface area contributed by atoms with Crippen molar-refractivity contribution in [2.45, 2.75) is 19.4 Å². The van der Waals surface area contributed by atoms with Crippen molar-refractivity contribution < 1.29 is 0 Å². The van der Waals surface area contributed by atoms with Gasteiger partial charge in [0, 0.05) is 23.1 Å². The second-order valence-corrected chi connectivity index (χ2v) is 5.93. The molecule has 2 aromatic carbocycles. The minimum atomic E-state index is 0.408. The van der Waals surface area contributed by atoms with Gasteiger partial charge in [0.15, 0.2) is 0 Å². The van der Waals surface area contributed by atoms with Crippen molar-refractivity contribution >= 4 is 10.9 Å². The molecule has 1 heterocycles. The van der Waals surface area contributed by atoms with E-state index in [1.807, 2.05) is 0 Å². The molecule has 0 aliphatic heterocycles. The fourth-order valence-electron chi connectivity index (χ4n) is 2.75. The van der Waals surface area contributed by atoms with E-state index < -0.39 is 0 Å². The summed E-state index contributed by atoms with van der Waals surface area (Å²) in [6, 6.07) is 17.8. The Labute approximate surface area is 126 Å². The largest absolute Gasteiger partial charge is 0.361 e. The third-order valence-electron chi connectivity index (χ3n) is 4.25. The Kier molecular flexibility index (Phi) is 3.80. The highest BCUT2D eigenvalue weighted by Crippen LogP contribution is 2.28. The molecule has 0 aliphatic carbocycles. The van der Waals surface area contributed by atoms with E-state index in [2.05, 4.69) is 85.6 Å². The Hall–Kier alpha value is -2.06. The van der Waals surface area contributed by atoms with Crippen LogP contribution in [0.2, 0.25) is 0 Å². The molecule has 2 nitrogen and oxygen atoms in total. The van der Waals surface area contributed by atoms with Gasteiger partial charge in [0.2, 0.25) is 0 Å². The van der Waals surface area contributed by atoms with Gasteiger partial charge in [-0.05, 0) is 56.3 Å². The normalized spacial score (nSPS) is 13.0. The first-order valence-corrected chi connectivity index (χ1v) is 7.45.